The maximum absolute atomic E-state index is 12.3. The predicted octanol–water partition coefficient (Wildman–Crippen LogP) is 3.28. The second-order valence-electron chi connectivity index (χ2n) is 8.27. The second kappa shape index (κ2) is 8.79. The van der Waals surface area contributed by atoms with Crippen molar-refractivity contribution < 1.29 is 24.2 Å². The molecule has 1 saturated carbocycles. The lowest BCUT2D eigenvalue weighted by molar-refractivity contribution is -0.142. The highest BCUT2D eigenvalue weighted by atomic mass is 16.5. The van der Waals surface area contributed by atoms with Crippen molar-refractivity contribution in [3.63, 3.8) is 0 Å². The minimum Gasteiger partial charge on any atom is -0.480 e. The summed E-state index contributed by atoms with van der Waals surface area (Å²) in [6.07, 6.45) is 1.69. The lowest BCUT2D eigenvalue weighted by Gasteiger charge is -2.19. The van der Waals surface area contributed by atoms with E-state index in [1.807, 2.05) is 36.4 Å². The molecule has 162 valence electrons. The van der Waals surface area contributed by atoms with Gasteiger partial charge in [0.15, 0.2) is 0 Å². The summed E-state index contributed by atoms with van der Waals surface area (Å²) in [5, 5.41) is 14.3. The van der Waals surface area contributed by atoms with Crippen LogP contribution < -0.4 is 10.6 Å². The van der Waals surface area contributed by atoms with E-state index in [1.165, 1.54) is 6.92 Å². The van der Waals surface area contributed by atoms with Gasteiger partial charge < -0.3 is 20.5 Å². The average molecular weight is 422 g/mol. The predicted molar refractivity (Wildman–Crippen MR) is 115 cm³/mol. The Kier molecular flexibility index (Phi) is 5.93. The standard InChI is InChI=1S/C24H26N2O5/c1-14(22(27)26-21(23(28)29)12-15-10-11-15)25-24(30)31-13-20-18-8-4-2-6-16(18)17-7-3-5-9-19(17)20/h2-9,14-15,20-21H,10-13H2,1H3,(H,25,30)(H,26,27)(H,28,29)/t14?,21-/m0/s1. The molecule has 1 fully saturated rings. The van der Waals surface area contributed by atoms with Gasteiger partial charge in [0.25, 0.3) is 0 Å². The molecule has 2 amide bonds. The number of alkyl carbamates (subject to hydrolysis) is 1. The van der Waals surface area contributed by atoms with E-state index in [0.717, 1.165) is 35.1 Å². The van der Waals surface area contributed by atoms with Gasteiger partial charge in [0.05, 0.1) is 0 Å². The molecule has 0 bridgehead atoms. The number of amides is 2. The van der Waals surface area contributed by atoms with Crippen LogP contribution in [0.2, 0.25) is 0 Å². The fraction of sp³-hybridized carbons (Fsp3) is 0.375. The molecule has 2 atom stereocenters. The maximum Gasteiger partial charge on any atom is 0.407 e. The summed E-state index contributed by atoms with van der Waals surface area (Å²) in [6, 6.07) is 14.2. The number of hydrogen-bond acceptors (Lipinski definition) is 4. The van der Waals surface area contributed by atoms with Crippen LogP contribution in [0.25, 0.3) is 11.1 Å². The van der Waals surface area contributed by atoms with Crippen molar-refractivity contribution in [1.82, 2.24) is 10.6 Å². The smallest absolute Gasteiger partial charge is 0.407 e. The van der Waals surface area contributed by atoms with Crippen molar-refractivity contribution in [3.05, 3.63) is 59.7 Å². The van der Waals surface area contributed by atoms with Gasteiger partial charge in [0, 0.05) is 5.92 Å². The molecular weight excluding hydrogens is 396 g/mol. The van der Waals surface area contributed by atoms with E-state index in [4.69, 9.17) is 4.74 Å². The molecule has 0 radical (unpaired) electrons. The van der Waals surface area contributed by atoms with Gasteiger partial charge in [-0.3, -0.25) is 4.79 Å². The molecule has 1 unspecified atom stereocenters. The van der Waals surface area contributed by atoms with Crippen LogP contribution in [-0.2, 0) is 14.3 Å². The van der Waals surface area contributed by atoms with Crippen molar-refractivity contribution in [1.29, 1.82) is 0 Å². The number of carbonyl (C=O) groups excluding carboxylic acids is 2. The van der Waals surface area contributed by atoms with Crippen LogP contribution in [0.5, 0.6) is 0 Å². The van der Waals surface area contributed by atoms with Crippen LogP contribution >= 0.6 is 0 Å². The number of benzene rings is 2. The number of ether oxygens (including phenoxy) is 1. The number of carboxylic acid groups (broad SMARTS) is 1. The number of aliphatic carboxylic acids is 1. The lowest BCUT2D eigenvalue weighted by Crippen LogP contribution is -2.50. The first-order valence-electron chi connectivity index (χ1n) is 10.6. The van der Waals surface area contributed by atoms with Gasteiger partial charge in [-0.2, -0.15) is 0 Å². The minimum atomic E-state index is -1.06. The van der Waals surface area contributed by atoms with Gasteiger partial charge >= 0.3 is 12.1 Å². The normalized spacial score (nSPS) is 16.5. The fourth-order valence-corrected chi connectivity index (χ4v) is 4.09. The third-order valence-corrected chi connectivity index (χ3v) is 5.95. The number of carboxylic acids is 1. The fourth-order valence-electron chi connectivity index (χ4n) is 4.09. The van der Waals surface area contributed by atoms with Crippen LogP contribution in [0.3, 0.4) is 0 Å². The Morgan fingerprint density at radius 3 is 2.13 bits per heavy atom. The second-order valence-corrected chi connectivity index (χ2v) is 8.27. The van der Waals surface area contributed by atoms with Crippen molar-refractivity contribution >= 4 is 18.0 Å². The number of hydrogen-bond donors (Lipinski definition) is 3. The van der Waals surface area contributed by atoms with E-state index in [-0.39, 0.29) is 12.5 Å². The van der Waals surface area contributed by atoms with Gasteiger partial charge in [-0.25, -0.2) is 9.59 Å². The highest BCUT2D eigenvalue weighted by Crippen LogP contribution is 2.44. The van der Waals surface area contributed by atoms with Gasteiger partial charge in [0.1, 0.15) is 18.7 Å². The largest absolute Gasteiger partial charge is 0.480 e. The van der Waals surface area contributed by atoms with E-state index in [2.05, 4.69) is 22.8 Å². The molecule has 3 N–H and O–H groups in total. The molecule has 0 aromatic heterocycles. The summed E-state index contributed by atoms with van der Waals surface area (Å²) < 4.78 is 5.44. The van der Waals surface area contributed by atoms with Crippen LogP contribution in [0, 0.1) is 5.92 Å². The zero-order chi connectivity index (χ0) is 22.0. The van der Waals surface area contributed by atoms with Crippen LogP contribution in [0.1, 0.15) is 43.2 Å². The summed E-state index contributed by atoms with van der Waals surface area (Å²) in [5.74, 6) is -1.32. The Bertz CT molecular complexity index is 955. The molecule has 0 heterocycles. The first kappa shape index (κ1) is 20.9. The molecule has 2 aliphatic carbocycles. The zero-order valence-electron chi connectivity index (χ0n) is 17.3. The Morgan fingerprint density at radius 1 is 1.00 bits per heavy atom. The van der Waals surface area contributed by atoms with Gasteiger partial charge in [0.2, 0.25) is 5.91 Å². The van der Waals surface area contributed by atoms with Crippen molar-refractivity contribution in [2.24, 2.45) is 5.92 Å². The van der Waals surface area contributed by atoms with Crippen molar-refractivity contribution in [2.75, 3.05) is 6.61 Å². The summed E-state index contributed by atoms with van der Waals surface area (Å²) in [4.78, 5) is 36.0. The molecule has 2 aliphatic rings. The molecule has 4 rings (SSSR count). The topological polar surface area (TPSA) is 105 Å². The number of rotatable bonds is 8. The summed E-state index contributed by atoms with van der Waals surface area (Å²) in [6.45, 7) is 1.65. The molecule has 0 saturated heterocycles. The monoisotopic (exact) mass is 422 g/mol. The highest BCUT2D eigenvalue weighted by molar-refractivity contribution is 5.89. The SMILES string of the molecule is CC(NC(=O)OCC1c2ccccc2-c2ccccc21)C(=O)N[C@@H](CC1CC1)C(=O)O. The van der Waals surface area contributed by atoms with Gasteiger partial charge in [-0.05, 0) is 41.5 Å². The van der Waals surface area contributed by atoms with Gasteiger partial charge in [-0.1, -0.05) is 61.4 Å². The van der Waals surface area contributed by atoms with E-state index in [0.29, 0.717) is 12.3 Å². The third kappa shape index (κ3) is 4.71. The summed E-state index contributed by atoms with van der Waals surface area (Å²) in [5.41, 5.74) is 4.48. The Labute approximate surface area is 180 Å². The highest BCUT2D eigenvalue weighted by Gasteiger charge is 2.32. The van der Waals surface area contributed by atoms with Crippen LogP contribution in [0.4, 0.5) is 4.79 Å². The van der Waals surface area contributed by atoms with Gasteiger partial charge in [-0.15, -0.1) is 0 Å². The molecule has 2 aromatic rings. The van der Waals surface area contributed by atoms with E-state index >= 15 is 0 Å². The first-order valence-corrected chi connectivity index (χ1v) is 10.6. The molecule has 0 spiro atoms. The molecular formula is C24H26N2O5. The Hall–Kier alpha value is -3.35. The minimum absolute atomic E-state index is 0.0720. The number of carbonyl (C=O) groups is 3. The summed E-state index contributed by atoms with van der Waals surface area (Å²) >= 11 is 0. The maximum atomic E-state index is 12.3. The Balaban J connectivity index is 1.33. The molecule has 2 aromatic carbocycles. The molecule has 7 nitrogen and oxygen atoms in total. The number of nitrogens with one attached hydrogen (secondary N) is 2. The van der Waals surface area contributed by atoms with Crippen LogP contribution in [0.15, 0.2) is 48.5 Å². The third-order valence-electron chi connectivity index (χ3n) is 5.95. The van der Waals surface area contributed by atoms with Crippen molar-refractivity contribution in [3.8, 4) is 11.1 Å². The van der Waals surface area contributed by atoms with Crippen molar-refractivity contribution in [2.45, 2.75) is 44.2 Å². The number of fused-ring (bicyclic) bond motifs is 3. The Morgan fingerprint density at radius 2 is 1.58 bits per heavy atom. The van der Waals surface area contributed by atoms with Crippen LogP contribution in [-0.4, -0.2) is 41.8 Å². The van der Waals surface area contributed by atoms with E-state index < -0.39 is 30.1 Å². The average Bonchev–Trinajstić information content (AvgIpc) is 3.52. The first-order chi connectivity index (χ1) is 14.9. The van der Waals surface area contributed by atoms with E-state index in [9.17, 15) is 19.5 Å². The lowest BCUT2D eigenvalue weighted by atomic mass is 9.98. The zero-order valence-corrected chi connectivity index (χ0v) is 17.3. The molecule has 31 heavy (non-hydrogen) atoms. The van der Waals surface area contributed by atoms with E-state index in [1.54, 1.807) is 0 Å². The summed E-state index contributed by atoms with van der Waals surface area (Å²) in [7, 11) is 0. The quantitative estimate of drug-likeness (QED) is 0.606. The molecule has 7 heteroatoms. The molecule has 0 aliphatic heterocycles.